The van der Waals surface area contributed by atoms with Crippen LogP contribution in [-0.4, -0.2) is 39.9 Å². The SMILES string of the molecule is CC(=O)Oc1ccc(N2C(=O)[C@@H]3[C@@H](C2=O)[C@]2(N[C@@H]3Cc3ccc(O)c(O)c3)C(=O)Nc3ccccc32)cc1. The quantitative estimate of drug-likeness (QED) is 0.180. The minimum Gasteiger partial charge on any atom is -0.504 e. The largest absolute Gasteiger partial charge is 0.504 e. The highest BCUT2D eigenvalue weighted by Crippen LogP contribution is 2.54. The highest BCUT2D eigenvalue weighted by molar-refractivity contribution is 6.25. The second-order valence-electron chi connectivity index (χ2n) is 9.69. The molecule has 3 amide bonds. The summed E-state index contributed by atoms with van der Waals surface area (Å²) < 4.78 is 5.06. The number of esters is 1. The van der Waals surface area contributed by atoms with Gasteiger partial charge in [0.1, 0.15) is 11.3 Å². The van der Waals surface area contributed by atoms with Gasteiger partial charge in [-0.25, -0.2) is 4.90 Å². The van der Waals surface area contributed by atoms with E-state index >= 15 is 0 Å². The zero-order valence-corrected chi connectivity index (χ0v) is 20.2. The number of rotatable bonds is 4. The number of phenols is 2. The molecule has 0 bridgehead atoms. The standard InChI is InChI=1S/C28H23N3O7/c1-14(32)38-17-9-7-16(8-10-17)31-25(35)23-20(12-15-6-11-21(33)22(34)13-15)30-28(24(23)26(31)36)18-4-2-3-5-19(18)29-27(28)37/h2-11,13,20,23-24,30,33-34H,12H2,1H3,(H,29,37)/t20-,23+,24+,28+/m1/s1. The molecule has 0 aliphatic carbocycles. The average Bonchev–Trinajstić information content (AvgIpc) is 3.46. The summed E-state index contributed by atoms with van der Waals surface area (Å²) in [5.74, 6) is -4.12. The molecule has 3 aliphatic heterocycles. The van der Waals surface area contributed by atoms with E-state index in [9.17, 15) is 29.4 Å². The van der Waals surface area contributed by atoms with Crippen molar-refractivity contribution < 1.29 is 34.1 Å². The van der Waals surface area contributed by atoms with E-state index in [2.05, 4.69) is 10.6 Å². The van der Waals surface area contributed by atoms with E-state index in [0.717, 1.165) is 4.90 Å². The van der Waals surface area contributed by atoms with Gasteiger partial charge in [-0.15, -0.1) is 0 Å². The first kappa shape index (κ1) is 23.7. The molecule has 0 radical (unpaired) electrons. The van der Waals surface area contributed by atoms with Crippen LogP contribution in [0.2, 0.25) is 0 Å². The number of nitrogens with zero attached hydrogens (tertiary/aromatic N) is 1. The van der Waals surface area contributed by atoms with Crippen LogP contribution in [0.15, 0.2) is 66.7 Å². The Balaban J connectivity index is 1.44. The van der Waals surface area contributed by atoms with E-state index in [1.54, 1.807) is 30.3 Å². The van der Waals surface area contributed by atoms with Crippen molar-refractivity contribution in [3.63, 3.8) is 0 Å². The number of nitrogens with one attached hydrogen (secondary N) is 2. The number of ether oxygens (including phenoxy) is 1. The highest BCUT2D eigenvalue weighted by atomic mass is 16.5. The number of carbonyl (C=O) groups excluding carboxylic acids is 4. The van der Waals surface area contributed by atoms with Crippen molar-refractivity contribution in [3.8, 4) is 17.2 Å². The van der Waals surface area contributed by atoms with Crippen molar-refractivity contribution in [2.24, 2.45) is 11.8 Å². The van der Waals surface area contributed by atoms with Crippen molar-refractivity contribution in [3.05, 3.63) is 77.9 Å². The first-order valence-electron chi connectivity index (χ1n) is 12.1. The number of hydrogen-bond acceptors (Lipinski definition) is 8. The summed E-state index contributed by atoms with van der Waals surface area (Å²) in [6.45, 7) is 1.27. The molecule has 4 N–H and O–H groups in total. The molecule has 0 unspecified atom stereocenters. The summed E-state index contributed by atoms with van der Waals surface area (Å²) in [4.78, 5) is 53.8. The summed E-state index contributed by atoms with van der Waals surface area (Å²) in [7, 11) is 0. The summed E-state index contributed by atoms with van der Waals surface area (Å²) in [5, 5.41) is 25.9. The van der Waals surface area contributed by atoms with Crippen LogP contribution in [0.5, 0.6) is 17.2 Å². The number of hydrogen-bond donors (Lipinski definition) is 4. The van der Waals surface area contributed by atoms with Gasteiger partial charge in [-0.3, -0.25) is 24.5 Å². The van der Waals surface area contributed by atoms with Gasteiger partial charge in [0, 0.05) is 24.2 Å². The summed E-state index contributed by atoms with van der Waals surface area (Å²) in [6, 6.07) is 16.8. The normalized spacial score (nSPS) is 25.4. The molecule has 0 aromatic heterocycles. The van der Waals surface area contributed by atoms with Crippen LogP contribution in [0.4, 0.5) is 11.4 Å². The summed E-state index contributed by atoms with van der Waals surface area (Å²) in [5.41, 5.74) is 0.600. The first-order chi connectivity index (χ1) is 18.2. The Morgan fingerprint density at radius 1 is 0.974 bits per heavy atom. The Morgan fingerprint density at radius 3 is 2.42 bits per heavy atom. The number of imide groups is 1. The van der Waals surface area contributed by atoms with E-state index in [0.29, 0.717) is 22.5 Å². The maximum absolute atomic E-state index is 14.0. The molecule has 3 heterocycles. The molecule has 2 fully saturated rings. The van der Waals surface area contributed by atoms with Gasteiger partial charge in [-0.05, 0) is 54.4 Å². The second-order valence-corrected chi connectivity index (χ2v) is 9.69. The smallest absolute Gasteiger partial charge is 0.308 e. The number of aromatic hydroxyl groups is 2. The van der Waals surface area contributed by atoms with E-state index in [1.807, 2.05) is 0 Å². The van der Waals surface area contributed by atoms with E-state index in [1.165, 1.54) is 43.3 Å². The third-order valence-electron chi connectivity index (χ3n) is 7.47. The number of fused-ring (bicyclic) bond motifs is 4. The molecule has 10 nitrogen and oxygen atoms in total. The van der Waals surface area contributed by atoms with Crippen LogP contribution in [0.3, 0.4) is 0 Å². The Morgan fingerprint density at radius 2 is 1.71 bits per heavy atom. The van der Waals surface area contributed by atoms with Crippen LogP contribution >= 0.6 is 0 Å². The van der Waals surface area contributed by atoms with Gasteiger partial charge in [0.2, 0.25) is 17.7 Å². The first-order valence-corrected chi connectivity index (χ1v) is 12.1. The average molecular weight is 514 g/mol. The maximum Gasteiger partial charge on any atom is 0.308 e. The van der Waals surface area contributed by atoms with Gasteiger partial charge in [0.25, 0.3) is 0 Å². The minimum absolute atomic E-state index is 0.213. The molecule has 10 heteroatoms. The molecule has 192 valence electrons. The Bertz CT molecular complexity index is 1520. The molecule has 3 aromatic carbocycles. The third-order valence-corrected chi connectivity index (χ3v) is 7.47. The van der Waals surface area contributed by atoms with Crippen LogP contribution in [0.1, 0.15) is 18.1 Å². The monoisotopic (exact) mass is 513 g/mol. The fraction of sp³-hybridized carbons (Fsp3) is 0.214. The Kier molecular flexibility index (Phi) is 5.25. The van der Waals surface area contributed by atoms with Crippen LogP contribution < -0.4 is 20.3 Å². The predicted molar refractivity (Wildman–Crippen MR) is 134 cm³/mol. The molecule has 3 aromatic rings. The molecular formula is C28H23N3O7. The lowest BCUT2D eigenvalue weighted by molar-refractivity contribution is -0.132. The molecule has 1 spiro atoms. The number of carbonyl (C=O) groups is 4. The number of amides is 3. The minimum atomic E-state index is -1.47. The van der Waals surface area contributed by atoms with Gasteiger partial charge in [0.05, 0.1) is 17.5 Å². The van der Waals surface area contributed by atoms with Crippen molar-refractivity contribution in [1.29, 1.82) is 0 Å². The van der Waals surface area contributed by atoms with Gasteiger partial charge < -0.3 is 20.3 Å². The molecule has 6 rings (SSSR count). The van der Waals surface area contributed by atoms with Crippen molar-refractivity contribution >= 4 is 35.1 Å². The fourth-order valence-electron chi connectivity index (χ4n) is 5.97. The number of phenolic OH excluding ortho intramolecular Hbond substituents is 2. The molecule has 0 saturated carbocycles. The lowest BCUT2D eigenvalue weighted by Crippen LogP contribution is -2.53. The predicted octanol–water partition coefficient (Wildman–Crippen LogP) is 2.19. The second kappa shape index (κ2) is 8.42. The molecule has 38 heavy (non-hydrogen) atoms. The van der Waals surface area contributed by atoms with E-state index in [-0.39, 0.29) is 23.7 Å². The van der Waals surface area contributed by atoms with Crippen LogP contribution in [-0.2, 0) is 31.1 Å². The Hall–Kier alpha value is -4.70. The number of para-hydroxylation sites is 1. The lowest BCUT2D eigenvalue weighted by atomic mass is 9.76. The van der Waals surface area contributed by atoms with Gasteiger partial charge in [-0.1, -0.05) is 24.3 Å². The van der Waals surface area contributed by atoms with Gasteiger partial charge in [0.15, 0.2) is 11.5 Å². The highest BCUT2D eigenvalue weighted by Gasteiger charge is 2.70. The Labute approximate surface area is 216 Å². The third kappa shape index (κ3) is 3.37. The molecule has 2 saturated heterocycles. The zero-order valence-electron chi connectivity index (χ0n) is 20.2. The van der Waals surface area contributed by atoms with Gasteiger partial charge in [-0.2, -0.15) is 0 Å². The van der Waals surface area contributed by atoms with Crippen LogP contribution in [0.25, 0.3) is 0 Å². The topological polar surface area (TPSA) is 145 Å². The van der Waals surface area contributed by atoms with Crippen LogP contribution in [0, 0.1) is 11.8 Å². The molecule has 3 aliphatic rings. The van der Waals surface area contributed by atoms with Gasteiger partial charge >= 0.3 is 5.97 Å². The fourth-order valence-corrected chi connectivity index (χ4v) is 5.97. The summed E-state index contributed by atoms with van der Waals surface area (Å²) in [6.07, 6.45) is 0.213. The van der Waals surface area contributed by atoms with Crippen molar-refractivity contribution in [2.45, 2.75) is 24.9 Å². The van der Waals surface area contributed by atoms with E-state index in [4.69, 9.17) is 4.74 Å². The molecule has 4 atom stereocenters. The van der Waals surface area contributed by atoms with E-state index < -0.39 is 47.1 Å². The molecular weight excluding hydrogens is 490 g/mol. The maximum atomic E-state index is 14.0. The lowest BCUT2D eigenvalue weighted by Gasteiger charge is -2.29. The van der Waals surface area contributed by atoms with Crippen molar-refractivity contribution in [2.75, 3.05) is 10.2 Å². The zero-order chi connectivity index (χ0) is 26.8. The van der Waals surface area contributed by atoms with Crippen molar-refractivity contribution in [1.82, 2.24) is 5.32 Å². The number of anilines is 2. The number of benzene rings is 3. The summed E-state index contributed by atoms with van der Waals surface area (Å²) >= 11 is 0.